The Bertz CT molecular complexity index is 1090. The van der Waals surface area contributed by atoms with Crippen molar-refractivity contribution < 1.29 is 34.0 Å². The van der Waals surface area contributed by atoms with E-state index >= 15 is 0 Å². The number of aliphatic hydroxyl groups excluding tert-OH is 2. The first-order chi connectivity index (χ1) is 14.7. The van der Waals surface area contributed by atoms with Crippen LogP contribution >= 0.6 is 19.8 Å². The number of aliphatic hydroxyl groups is 3. The molecule has 2 aromatic heterocycles. The molecule has 0 saturated carbocycles. The van der Waals surface area contributed by atoms with Gasteiger partial charge in [-0.2, -0.15) is 0 Å². The van der Waals surface area contributed by atoms with Crippen LogP contribution < -0.4 is 0 Å². The van der Waals surface area contributed by atoms with E-state index in [1.165, 1.54) is 11.5 Å². The monoisotopic (exact) mass is 490 g/mol. The maximum Gasteiger partial charge on any atom is 0.359 e. The fraction of sp³-hybridized carbons (Fsp3) is 0.737. The highest BCUT2D eigenvalue weighted by atomic mass is 32.1. The van der Waals surface area contributed by atoms with Crippen molar-refractivity contribution in [2.75, 3.05) is 0 Å². The molecule has 3 rings (SSSR count). The van der Waals surface area contributed by atoms with Gasteiger partial charge in [0.2, 0.25) is 4.77 Å². The predicted octanol–water partition coefficient (Wildman–Crippen LogP) is 2.30. The van der Waals surface area contributed by atoms with Crippen LogP contribution in [-0.2, 0) is 13.8 Å². The Kier molecular flexibility index (Phi) is 7.01. The van der Waals surface area contributed by atoms with Crippen molar-refractivity contribution in [1.29, 1.82) is 0 Å². The van der Waals surface area contributed by atoms with Crippen LogP contribution in [0.15, 0.2) is 6.20 Å². The van der Waals surface area contributed by atoms with Gasteiger partial charge in [-0.15, -0.1) is 0 Å². The van der Waals surface area contributed by atoms with E-state index in [0.717, 1.165) is 0 Å². The number of H-pyrrole nitrogens is 1. The third-order valence-electron chi connectivity index (χ3n) is 6.13. The lowest BCUT2D eigenvalue weighted by Crippen LogP contribution is -2.40. The summed E-state index contributed by atoms with van der Waals surface area (Å²) in [6.45, 7) is 7.95. The smallest absolute Gasteiger partial charge is 0.359 e. The number of nitrogens with zero attached hydrogens (tertiary/aromatic N) is 3. The van der Waals surface area contributed by atoms with Gasteiger partial charge in [0.25, 0.3) is 0 Å². The van der Waals surface area contributed by atoms with Crippen LogP contribution in [0.4, 0.5) is 0 Å². The van der Waals surface area contributed by atoms with E-state index in [1.807, 2.05) is 0 Å². The summed E-state index contributed by atoms with van der Waals surface area (Å²) < 4.78 is 25.7. The zero-order chi connectivity index (χ0) is 24.1. The van der Waals surface area contributed by atoms with Crippen LogP contribution in [0.1, 0.15) is 59.0 Å². The third kappa shape index (κ3) is 4.69. The first-order valence-corrected chi connectivity index (χ1v) is 12.5. The van der Waals surface area contributed by atoms with Crippen LogP contribution in [0.25, 0.3) is 11.2 Å². The molecule has 7 atom stereocenters. The average Bonchev–Trinajstić information content (AvgIpc) is 3.19. The van der Waals surface area contributed by atoms with Gasteiger partial charge in [-0.05, 0) is 45.8 Å². The van der Waals surface area contributed by atoms with Gasteiger partial charge in [-0.3, -0.25) is 9.13 Å². The molecule has 3 heterocycles. The van der Waals surface area contributed by atoms with Crippen LogP contribution in [0.5, 0.6) is 0 Å². The van der Waals surface area contributed by atoms with Crippen molar-refractivity contribution in [3.63, 3.8) is 0 Å². The fourth-order valence-electron chi connectivity index (χ4n) is 3.59. The number of hydrogen-bond donors (Lipinski definition) is 5. The number of nitrogens with one attached hydrogen (secondary N) is 1. The van der Waals surface area contributed by atoms with Gasteiger partial charge < -0.3 is 34.5 Å². The molecule has 0 spiro atoms. The summed E-state index contributed by atoms with van der Waals surface area (Å²) in [5.74, 6) is 0.651. The van der Waals surface area contributed by atoms with Crippen LogP contribution in [0.2, 0.25) is 0 Å². The minimum atomic E-state index is -4.42. The number of ether oxygens (including phenoxy) is 1. The Morgan fingerprint density at radius 2 is 1.94 bits per heavy atom. The molecule has 0 aliphatic carbocycles. The molecule has 0 amide bonds. The lowest BCUT2D eigenvalue weighted by atomic mass is 9.93. The molecule has 5 N–H and O–H groups in total. The molecule has 1 aliphatic rings. The van der Waals surface area contributed by atoms with Gasteiger partial charge in [0.05, 0.1) is 11.7 Å². The van der Waals surface area contributed by atoms with E-state index in [-0.39, 0.29) is 17.6 Å². The van der Waals surface area contributed by atoms with E-state index < -0.39 is 43.1 Å². The van der Waals surface area contributed by atoms with Crippen molar-refractivity contribution in [2.45, 2.75) is 89.4 Å². The topological polar surface area (TPSA) is 163 Å². The highest BCUT2D eigenvalue weighted by molar-refractivity contribution is 7.71. The molecule has 2 aromatic rings. The summed E-state index contributed by atoms with van der Waals surface area (Å²) in [4.78, 5) is 21.9. The standard InChI is InChI=1S/C19H31N4O7PS/c1-6-18(4,30-31(27,28)19(5,26)7-2)8-12-13(24)14(25)16(29-12)23-9-11-15(22-17(23)32)21-10(3)20-11/h9,12-14,16,24-26H,6-8H2,1-5H3,(H,27,28)(H,20,21,22,32)/t12-,13?,14+,16-,18?,19?/m1/s1. The number of hydrogen-bond acceptors (Lipinski definition) is 9. The zero-order valence-corrected chi connectivity index (χ0v) is 20.4. The zero-order valence-electron chi connectivity index (χ0n) is 18.7. The lowest BCUT2D eigenvalue weighted by molar-refractivity contribution is -0.0707. The molecular weight excluding hydrogens is 459 g/mol. The molecule has 1 fully saturated rings. The molecule has 1 aliphatic heterocycles. The third-order valence-corrected chi connectivity index (χ3v) is 8.66. The minimum Gasteiger partial charge on any atom is -0.388 e. The Balaban J connectivity index is 1.85. The number of imidazole rings is 1. The normalized spacial score (nSPS) is 29.5. The molecule has 0 aromatic carbocycles. The van der Waals surface area contributed by atoms with Crippen molar-refractivity contribution >= 4 is 31.0 Å². The van der Waals surface area contributed by atoms with Gasteiger partial charge in [-0.1, -0.05) is 13.8 Å². The highest BCUT2D eigenvalue weighted by Gasteiger charge is 2.50. The van der Waals surface area contributed by atoms with Crippen molar-refractivity contribution in [2.24, 2.45) is 0 Å². The number of aromatic nitrogens is 4. The maximum atomic E-state index is 12.7. The van der Waals surface area contributed by atoms with E-state index in [2.05, 4.69) is 15.0 Å². The molecular formula is C19H31N4O7PS. The SMILES string of the molecule is CCC(C)(C[C@H]1O[C@@H](n2cc3nc(C)[nH]c3nc2=S)[C@@H](O)C1O)OP(=O)(O)C(C)(O)CC. The molecule has 0 radical (unpaired) electrons. The molecule has 180 valence electrons. The first-order valence-electron chi connectivity index (χ1n) is 10.5. The Morgan fingerprint density at radius 1 is 1.28 bits per heavy atom. The number of aryl methyl sites for hydroxylation is 1. The fourth-order valence-corrected chi connectivity index (χ4v) is 5.24. The molecule has 1 saturated heterocycles. The van der Waals surface area contributed by atoms with Crippen molar-refractivity contribution in [3.8, 4) is 0 Å². The van der Waals surface area contributed by atoms with Gasteiger partial charge in [-0.25, -0.2) is 9.97 Å². The second-order valence-corrected chi connectivity index (χ2v) is 11.3. The first kappa shape index (κ1) is 25.4. The number of fused-ring (bicyclic) bond motifs is 1. The Hall–Kier alpha value is -1.24. The summed E-state index contributed by atoms with van der Waals surface area (Å²) in [6, 6.07) is 0. The van der Waals surface area contributed by atoms with Crippen LogP contribution in [0, 0.1) is 11.7 Å². The number of rotatable bonds is 8. The molecule has 0 bridgehead atoms. The minimum absolute atomic E-state index is 0.00687. The van der Waals surface area contributed by atoms with Crippen LogP contribution in [-0.4, -0.2) is 69.0 Å². The summed E-state index contributed by atoms with van der Waals surface area (Å²) in [5, 5.41) is 29.7. The second-order valence-electron chi connectivity index (χ2n) is 8.72. The summed E-state index contributed by atoms with van der Waals surface area (Å²) >= 11 is 5.32. The Morgan fingerprint density at radius 3 is 2.53 bits per heavy atom. The quantitative estimate of drug-likeness (QED) is 0.274. The molecule has 4 unspecified atom stereocenters. The largest absolute Gasteiger partial charge is 0.388 e. The summed E-state index contributed by atoms with van der Waals surface area (Å²) in [7, 11) is -4.42. The van der Waals surface area contributed by atoms with E-state index in [1.54, 1.807) is 33.9 Å². The van der Waals surface area contributed by atoms with Crippen LogP contribution in [0.3, 0.4) is 0 Å². The van der Waals surface area contributed by atoms with Crippen molar-refractivity contribution in [1.82, 2.24) is 19.5 Å². The van der Waals surface area contributed by atoms with Gasteiger partial charge in [0, 0.05) is 12.6 Å². The molecule has 13 heteroatoms. The maximum absolute atomic E-state index is 12.7. The summed E-state index contributed by atoms with van der Waals surface area (Å²) in [6.07, 6.45) is -2.69. The van der Waals surface area contributed by atoms with Gasteiger partial charge in [0.1, 0.15) is 23.5 Å². The second kappa shape index (κ2) is 8.84. The molecule has 32 heavy (non-hydrogen) atoms. The Labute approximate surface area is 191 Å². The van der Waals surface area contributed by atoms with E-state index in [9.17, 15) is 24.8 Å². The van der Waals surface area contributed by atoms with Gasteiger partial charge in [0.15, 0.2) is 17.2 Å². The van der Waals surface area contributed by atoms with Gasteiger partial charge >= 0.3 is 7.60 Å². The highest BCUT2D eigenvalue weighted by Crippen LogP contribution is 2.59. The number of aromatic amines is 1. The van der Waals surface area contributed by atoms with E-state index in [0.29, 0.717) is 23.4 Å². The molecule has 11 nitrogen and oxygen atoms in total. The van der Waals surface area contributed by atoms with E-state index in [4.69, 9.17) is 21.5 Å². The van der Waals surface area contributed by atoms with Crippen molar-refractivity contribution in [3.05, 3.63) is 16.8 Å². The predicted molar refractivity (Wildman–Crippen MR) is 119 cm³/mol. The summed E-state index contributed by atoms with van der Waals surface area (Å²) in [5.41, 5.74) is -0.191. The lowest BCUT2D eigenvalue weighted by Gasteiger charge is -2.37. The average molecular weight is 491 g/mol.